The second-order valence-electron chi connectivity index (χ2n) is 4.65. The quantitative estimate of drug-likeness (QED) is 0.703. The van der Waals surface area contributed by atoms with E-state index in [2.05, 4.69) is 10.9 Å². The molecule has 0 bridgehead atoms. The van der Waals surface area contributed by atoms with Crippen LogP contribution in [0.5, 0.6) is 0 Å². The first-order chi connectivity index (χ1) is 7.90. The van der Waals surface area contributed by atoms with Crippen LogP contribution in [0.3, 0.4) is 0 Å². The summed E-state index contributed by atoms with van der Waals surface area (Å²) in [5.41, 5.74) is 12.0. The smallest absolute Gasteiger partial charge is 0.426 e. The van der Waals surface area contributed by atoms with Crippen molar-refractivity contribution < 1.29 is 9.53 Å². The number of ether oxygens (including phenoxy) is 1. The van der Waals surface area contributed by atoms with E-state index in [0.717, 1.165) is 11.3 Å². The molecular weight excluding hydrogens is 218 g/mol. The fourth-order valence-electron chi connectivity index (χ4n) is 1.15. The first-order valence-electron chi connectivity index (χ1n) is 5.45. The van der Waals surface area contributed by atoms with Gasteiger partial charge in [-0.3, -0.25) is 5.43 Å². The summed E-state index contributed by atoms with van der Waals surface area (Å²) in [6.45, 7) is 5.92. The SMILES string of the molecule is CC(C)(C)OC(=O)NNc1ccc(CN)cc1. The van der Waals surface area contributed by atoms with Gasteiger partial charge in [-0.05, 0) is 38.5 Å². The van der Waals surface area contributed by atoms with Crippen LogP contribution in [-0.4, -0.2) is 11.7 Å². The third-order valence-corrected chi connectivity index (χ3v) is 1.90. The van der Waals surface area contributed by atoms with Crippen molar-refractivity contribution >= 4 is 11.8 Å². The average molecular weight is 237 g/mol. The molecule has 17 heavy (non-hydrogen) atoms. The van der Waals surface area contributed by atoms with Crippen LogP contribution in [0, 0.1) is 0 Å². The highest BCUT2D eigenvalue weighted by Crippen LogP contribution is 2.09. The van der Waals surface area contributed by atoms with Crippen molar-refractivity contribution in [1.29, 1.82) is 0 Å². The number of carbonyl (C=O) groups is 1. The van der Waals surface area contributed by atoms with Gasteiger partial charge in [0.15, 0.2) is 0 Å². The fraction of sp³-hybridized carbons (Fsp3) is 0.417. The van der Waals surface area contributed by atoms with Crippen LogP contribution >= 0.6 is 0 Å². The number of hydrazine groups is 1. The molecule has 5 heteroatoms. The fourth-order valence-corrected chi connectivity index (χ4v) is 1.15. The van der Waals surface area contributed by atoms with Gasteiger partial charge in [-0.2, -0.15) is 0 Å². The lowest BCUT2D eigenvalue weighted by molar-refractivity contribution is 0.0541. The van der Waals surface area contributed by atoms with Gasteiger partial charge in [-0.15, -0.1) is 0 Å². The molecule has 0 saturated heterocycles. The van der Waals surface area contributed by atoms with Gasteiger partial charge in [0, 0.05) is 6.54 Å². The van der Waals surface area contributed by atoms with E-state index in [0.29, 0.717) is 6.54 Å². The van der Waals surface area contributed by atoms with Gasteiger partial charge >= 0.3 is 6.09 Å². The van der Waals surface area contributed by atoms with Gasteiger partial charge in [0.1, 0.15) is 5.60 Å². The number of nitrogens with one attached hydrogen (secondary N) is 2. The Labute approximate surface area is 101 Å². The maximum atomic E-state index is 11.3. The van der Waals surface area contributed by atoms with Gasteiger partial charge in [-0.1, -0.05) is 12.1 Å². The Morgan fingerprint density at radius 2 is 1.88 bits per heavy atom. The number of hydrogen-bond donors (Lipinski definition) is 3. The largest absolute Gasteiger partial charge is 0.443 e. The summed E-state index contributed by atoms with van der Waals surface area (Å²) in [6, 6.07) is 7.44. The van der Waals surface area contributed by atoms with Crippen molar-refractivity contribution in [2.45, 2.75) is 32.9 Å². The van der Waals surface area contributed by atoms with E-state index in [1.54, 1.807) is 0 Å². The Bertz CT molecular complexity index is 368. The molecular formula is C12H19N3O2. The van der Waals surface area contributed by atoms with Gasteiger partial charge < -0.3 is 10.5 Å². The van der Waals surface area contributed by atoms with E-state index in [9.17, 15) is 4.79 Å². The summed E-state index contributed by atoms with van der Waals surface area (Å²) >= 11 is 0. The van der Waals surface area contributed by atoms with Crippen molar-refractivity contribution in [1.82, 2.24) is 5.43 Å². The van der Waals surface area contributed by atoms with Crippen LogP contribution in [0.15, 0.2) is 24.3 Å². The molecule has 0 aliphatic rings. The zero-order valence-corrected chi connectivity index (χ0v) is 10.4. The molecule has 0 aliphatic carbocycles. The topological polar surface area (TPSA) is 76.4 Å². The highest BCUT2D eigenvalue weighted by atomic mass is 16.6. The van der Waals surface area contributed by atoms with Gasteiger partial charge in [0.2, 0.25) is 0 Å². The maximum Gasteiger partial charge on any atom is 0.426 e. The number of rotatable bonds is 3. The predicted molar refractivity (Wildman–Crippen MR) is 67.3 cm³/mol. The van der Waals surface area contributed by atoms with Crippen molar-refractivity contribution in [3.8, 4) is 0 Å². The highest BCUT2D eigenvalue weighted by molar-refractivity contribution is 5.69. The standard InChI is InChI=1S/C12H19N3O2/c1-12(2,3)17-11(16)15-14-10-6-4-9(8-13)5-7-10/h4-7,14H,8,13H2,1-3H3,(H,15,16). The van der Waals surface area contributed by atoms with Crippen LogP contribution in [0.2, 0.25) is 0 Å². The normalized spacial score (nSPS) is 10.8. The van der Waals surface area contributed by atoms with E-state index in [1.807, 2.05) is 45.0 Å². The molecule has 1 amide bonds. The molecule has 1 rings (SSSR count). The number of hydrogen-bond acceptors (Lipinski definition) is 4. The molecule has 94 valence electrons. The predicted octanol–water partition coefficient (Wildman–Crippen LogP) is 2.00. The molecule has 0 radical (unpaired) electrons. The molecule has 4 N–H and O–H groups in total. The molecule has 0 aliphatic heterocycles. The molecule has 0 fully saturated rings. The summed E-state index contributed by atoms with van der Waals surface area (Å²) < 4.78 is 5.07. The van der Waals surface area contributed by atoms with Gasteiger partial charge in [0.05, 0.1) is 5.69 Å². The van der Waals surface area contributed by atoms with Gasteiger partial charge in [0.25, 0.3) is 0 Å². The highest BCUT2D eigenvalue weighted by Gasteiger charge is 2.15. The molecule has 0 aromatic heterocycles. The Balaban J connectivity index is 2.42. The van der Waals surface area contributed by atoms with Crippen molar-refractivity contribution in [3.05, 3.63) is 29.8 Å². The van der Waals surface area contributed by atoms with Crippen LogP contribution in [0.25, 0.3) is 0 Å². The van der Waals surface area contributed by atoms with E-state index in [1.165, 1.54) is 0 Å². The molecule has 0 heterocycles. The number of amides is 1. The van der Waals surface area contributed by atoms with Crippen LogP contribution < -0.4 is 16.6 Å². The molecule has 1 aromatic rings. The Morgan fingerprint density at radius 3 is 2.35 bits per heavy atom. The maximum absolute atomic E-state index is 11.3. The minimum Gasteiger partial charge on any atom is -0.443 e. The lowest BCUT2D eigenvalue weighted by Crippen LogP contribution is -2.35. The minimum absolute atomic E-state index is 0.500. The van der Waals surface area contributed by atoms with E-state index in [-0.39, 0.29) is 0 Å². The van der Waals surface area contributed by atoms with Crippen molar-refractivity contribution in [2.24, 2.45) is 5.73 Å². The third-order valence-electron chi connectivity index (χ3n) is 1.90. The summed E-state index contributed by atoms with van der Waals surface area (Å²) in [4.78, 5) is 11.3. The summed E-state index contributed by atoms with van der Waals surface area (Å²) in [5.74, 6) is 0. The van der Waals surface area contributed by atoms with E-state index < -0.39 is 11.7 Å². The Hall–Kier alpha value is -1.75. The summed E-state index contributed by atoms with van der Waals surface area (Å²) in [5, 5.41) is 0. The first kappa shape index (κ1) is 13.3. The first-order valence-corrected chi connectivity index (χ1v) is 5.45. The summed E-state index contributed by atoms with van der Waals surface area (Å²) in [6.07, 6.45) is -0.514. The lowest BCUT2D eigenvalue weighted by atomic mass is 10.2. The van der Waals surface area contributed by atoms with E-state index >= 15 is 0 Å². The molecule has 1 aromatic carbocycles. The Kier molecular flexibility index (Phi) is 4.34. The number of nitrogens with two attached hydrogens (primary N) is 1. The van der Waals surface area contributed by atoms with Crippen LogP contribution in [0.1, 0.15) is 26.3 Å². The monoisotopic (exact) mass is 237 g/mol. The number of carbonyl (C=O) groups excluding carboxylic acids is 1. The van der Waals surface area contributed by atoms with Gasteiger partial charge in [-0.25, -0.2) is 10.2 Å². The molecule has 0 atom stereocenters. The molecule has 5 nitrogen and oxygen atoms in total. The average Bonchev–Trinajstić information content (AvgIpc) is 2.25. The van der Waals surface area contributed by atoms with Crippen LogP contribution in [0.4, 0.5) is 10.5 Å². The molecule has 0 unspecified atom stereocenters. The third kappa shape index (κ3) is 5.21. The zero-order chi connectivity index (χ0) is 12.9. The minimum atomic E-state index is -0.514. The second kappa shape index (κ2) is 5.54. The Morgan fingerprint density at radius 1 is 1.29 bits per heavy atom. The molecule has 0 saturated carbocycles. The number of anilines is 1. The van der Waals surface area contributed by atoms with E-state index in [4.69, 9.17) is 10.5 Å². The second-order valence-corrected chi connectivity index (χ2v) is 4.65. The zero-order valence-electron chi connectivity index (χ0n) is 10.4. The molecule has 0 spiro atoms. The van der Waals surface area contributed by atoms with Crippen molar-refractivity contribution in [3.63, 3.8) is 0 Å². The lowest BCUT2D eigenvalue weighted by Gasteiger charge is -2.20. The van der Waals surface area contributed by atoms with Crippen LogP contribution in [-0.2, 0) is 11.3 Å². The van der Waals surface area contributed by atoms with Crippen molar-refractivity contribution in [2.75, 3.05) is 5.43 Å². The number of benzene rings is 1. The summed E-state index contributed by atoms with van der Waals surface area (Å²) in [7, 11) is 0.